The van der Waals surface area contributed by atoms with Gasteiger partial charge < -0.3 is 14.4 Å². The molecule has 0 radical (unpaired) electrons. The van der Waals surface area contributed by atoms with E-state index in [1.807, 2.05) is 30.3 Å². The van der Waals surface area contributed by atoms with Crippen LogP contribution in [0.15, 0.2) is 42.7 Å². The summed E-state index contributed by atoms with van der Waals surface area (Å²) in [6, 6.07) is 9.17. The summed E-state index contributed by atoms with van der Waals surface area (Å²) < 4.78 is 6.47. The van der Waals surface area contributed by atoms with E-state index in [9.17, 15) is 9.59 Å². The molecule has 1 N–H and O–H groups in total. The number of esters is 1. The lowest BCUT2D eigenvalue weighted by molar-refractivity contribution is -0.131. The summed E-state index contributed by atoms with van der Waals surface area (Å²) in [5.41, 5.74) is 0.743. The van der Waals surface area contributed by atoms with E-state index in [0.29, 0.717) is 0 Å². The highest BCUT2D eigenvalue weighted by atomic mass is 16.5. The van der Waals surface area contributed by atoms with Crippen LogP contribution in [0.1, 0.15) is 17.3 Å². The fourth-order valence-corrected chi connectivity index (χ4v) is 1.58. The Morgan fingerprint density at radius 3 is 2.39 bits per heavy atom. The van der Waals surface area contributed by atoms with Gasteiger partial charge in [0, 0.05) is 18.8 Å². The topological polar surface area (TPSA) is 68.5 Å². The van der Waals surface area contributed by atoms with Gasteiger partial charge in [-0.05, 0) is 12.1 Å². The quantitative estimate of drug-likeness (QED) is 0.841. The largest absolute Gasteiger partial charge is 0.477 e. The second kappa shape index (κ2) is 4.75. The number of aromatic carboxylic acids is 1. The van der Waals surface area contributed by atoms with Crippen molar-refractivity contribution in [1.82, 2.24) is 4.57 Å². The summed E-state index contributed by atoms with van der Waals surface area (Å²) >= 11 is 0. The highest BCUT2D eigenvalue weighted by Crippen LogP contribution is 2.23. The van der Waals surface area contributed by atoms with Crippen LogP contribution in [-0.2, 0) is 4.79 Å². The van der Waals surface area contributed by atoms with Gasteiger partial charge in [0.15, 0.2) is 5.75 Å². The molecule has 0 saturated heterocycles. The molecule has 18 heavy (non-hydrogen) atoms. The Morgan fingerprint density at radius 1 is 1.17 bits per heavy atom. The normalized spacial score (nSPS) is 10.1. The SMILES string of the molecule is CC(=O)Oc1cn(-c2ccccc2)cc1C(=O)O. The zero-order valence-corrected chi connectivity index (χ0v) is 9.66. The van der Waals surface area contributed by atoms with Gasteiger partial charge in [-0.1, -0.05) is 18.2 Å². The smallest absolute Gasteiger partial charge is 0.341 e. The molecule has 1 heterocycles. The number of carbonyl (C=O) groups excluding carboxylic acids is 1. The number of nitrogens with zero attached hydrogens (tertiary/aromatic N) is 1. The van der Waals surface area contributed by atoms with Crippen LogP contribution in [-0.4, -0.2) is 21.6 Å². The maximum Gasteiger partial charge on any atom is 0.341 e. The average molecular weight is 245 g/mol. The molecule has 0 aliphatic heterocycles. The van der Waals surface area contributed by atoms with Crippen LogP contribution in [0.4, 0.5) is 0 Å². The summed E-state index contributed by atoms with van der Waals surface area (Å²) in [6.45, 7) is 1.23. The predicted molar refractivity (Wildman–Crippen MR) is 64.0 cm³/mol. The molecule has 0 fully saturated rings. The van der Waals surface area contributed by atoms with E-state index in [0.717, 1.165) is 5.69 Å². The first kappa shape index (κ1) is 11.9. The minimum atomic E-state index is -1.14. The number of benzene rings is 1. The number of carboxylic acid groups (broad SMARTS) is 1. The van der Waals surface area contributed by atoms with Gasteiger partial charge in [0.1, 0.15) is 5.56 Å². The number of hydrogen-bond donors (Lipinski definition) is 1. The molecule has 92 valence electrons. The van der Waals surface area contributed by atoms with Crippen molar-refractivity contribution in [2.45, 2.75) is 6.92 Å². The molecule has 0 atom stereocenters. The monoisotopic (exact) mass is 245 g/mol. The van der Waals surface area contributed by atoms with Gasteiger partial charge in [-0.15, -0.1) is 0 Å². The maximum atomic E-state index is 11.0. The fourth-order valence-electron chi connectivity index (χ4n) is 1.58. The number of hydrogen-bond acceptors (Lipinski definition) is 3. The van der Waals surface area contributed by atoms with Gasteiger partial charge in [0.25, 0.3) is 0 Å². The Hall–Kier alpha value is -2.56. The second-order valence-electron chi connectivity index (χ2n) is 3.68. The highest BCUT2D eigenvalue weighted by molar-refractivity contribution is 5.92. The Balaban J connectivity index is 2.45. The molecule has 0 saturated carbocycles. The van der Waals surface area contributed by atoms with Crippen LogP contribution < -0.4 is 4.74 Å². The van der Waals surface area contributed by atoms with Crippen molar-refractivity contribution in [1.29, 1.82) is 0 Å². The summed E-state index contributed by atoms with van der Waals surface area (Å²) in [4.78, 5) is 22.0. The molecule has 2 aromatic rings. The second-order valence-corrected chi connectivity index (χ2v) is 3.68. The van der Waals surface area contributed by atoms with Crippen LogP contribution in [0, 0.1) is 0 Å². The van der Waals surface area contributed by atoms with Gasteiger partial charge in [-0.25, -0.2) is 4.79 Å². The van der Waals surface area contributed by atoms with Crippen molar-refractivity contribution in [3.63, 3.8) is 0 Å². The Bertz CT molecular complexity index is 586. The molecule has 0 aliphatic rings. The van der Waals surface area contributed by atoms with Crippen molar-refractivity contribution in [3.8, 4) is 11.4 Å². The van der Waals surface area contributed by atoms with Gasteiger partial charge in [-0.2, -0.15) is 0 Å². The van der Waals surface area contributed by atoms with E-state index >= 15 is 0 Å². The van der Waals surface area contributed by atoms with Crippen LogP contribution in [0.25, 0.3) is 5.69 Å². The zero-order valence-electron chi connectivity index (χ0n) is 9.66. The number of ether oxygens (including phenoxy) is 1. The van der Waals surface area contributed by atoms with Crippen LogP contribution in [0.5, 0.6) is 5.75 Å². The van der Waals surface area contributed by atoms with Crippen molar-refractivity contribution >= 4 is 11.9 Å². The third-order valence-corrected chi connectivity index (χ3v) is 2.33. The fraction of sp³-hybridized carbons (Fsp3) is 0.0769. The molecule has 5 heteroatoms. The highest BCUT2D eigenvalue weighted by Gasteiger charge is 2.16. The third-order valence-electron chi connectivity index (χ3n) is 2.33. The van der Waals surface area contributed by atoms with Crippen LogP contribution in [0.2, 0.25) is 0 Å². The van der Waals surface area contributed by atoms with Crippen molar-refractivity contribution in [3.05, 3.63) is 48.3 Å². The van der Waals surface area contributed by atoms with Crippen molar-refractivity contribution in [2.75, 3.05) is 0 Å². The molecule has 0 spiro atoms. The lowest BCUT2D eigenvalue weighted by atomic mass is 10.3. The molecular weight excluding hydrogens is 234 g/mol. The van der Waals surface area contributed by atoms with E-state index in [1.165, 1.54) is 19.3 Å². The number of para-hydroxylation sites is 1. The average Bonchev–Trinajstić information content (AvgIpc) is 2.73. The molecule has 2 rings (SSSR count). The Kier molecular flexibility index (Phi) is 3.14. The Labute approximate surface area is 103 Å². The standard InChI is InChI=1S/C13H11NO4/c1-9(15)18-12-8-14(7-11(12)13(16)17)10-5-3-2-4-6-10/h2-8H,1H3,(H,16,17). The van der Waals surface area contributed by atoms with E-state index in [1.54, 1.807) is 4.57 Å². The summed E-state index contributed by atoms with van der Waals surface area (Å²) in [6.07, 6.45) is 2.89. The number of aromatic nitrogens is 1. The molecule has 0 unspecified atom stereocenters. The molecule has 0 bridgehead atoms. The third kappa shape index (κ3) is 2.40. The minimum absolute atomic E-state index is 0.0406. The number of carbonyl (C=O) groups is 2. The lowest BCUT2D eigenvalue weighted by Crippen LogP contribution is -2.04. The first-order chi connectivity index (χ1) is 8.58. The molecule has 1 aromatic heterocycles. The van der Waals surface area contributed by atoms with Gasteiger partial charge in [0.05, 0.1) is 6.20 Å². The van der Waals surface area contributed by atoms with Crippen molar-refractivity contribution in [2.24, 2.45) is 0 Å². The van der Waals surface area contributed by atoms with E-state index in [-0.39, 0.29) is 11.3 Å². The molecule has 1 aromatic carbocycles. The van der Waals surface area contributed by atoms with E-state index in [4.69, 9.17) is 9.84 Å². The van der Waals surface area contributed by atoms with Gasteiger partial charge in [-0.3, -0.25) is 4.79 Å². The summed E-state index contributed by atoms with van der Waals surface area (Å²) in [5, 5.41) is 9.03. The van der Waals surface area contributed by atoms with E-state index < -0.39 is 11.9 Å². The zero-order chi connectivity index (χ0) is 13.1. The van der Waals surface area contributed by atoms with Crippen molar-refractivity contribution < 1.29 is 19.4 Å². The van der Waals surface area contributed by atoms with Crippen LogP contribution in [0.3, 0.4) is 0 Å². The molecule has 5 nitrogen and oxygen atoms in total. The minimum Gasteiger partial charge on any atom is -0.477 e. The van der Waals surface area contributed by atoms with Gasteiger partial charge in [0.2, 0.25) is 0 Å². The van der Waals surface area contributed by atoms with Gasteiger partial charge >= 0.3 is 11.9 Å². The predicted octanol–water partition coefficient (Wildman–Crippen LogP) is 2.10. The number of rotatable bonds is 3. The number of carboxylic acids is 1. The van der Waals surface area contributed by atoms with E-state index in [2.05, 4.69) is 0 Å². The lowest BCUT2D eigenvalue weighted by Gasteiger charge is -2.00. The molecule has 0 aliphatic carbocycles. The van der Waals surface area contributed by atoms with Crippen LogP contribution >= 0.6 is 0 Å². The molecular formula is C13H11NO4. The maximum absolute atomic E-state index is 11.0. The Morgan fingerprint density at radius 2 is 1.83 bits per heavy atom. The molecule has 0 amide bonds. The first-order valence-corrected chi connectivity index (χ1v) is 5.27. The summed E-state index contributed by atoms with van der Waals surface area (Å²) in [7, 11) is 0. The first-order valence-electron chi connectivity index (χ1n) is 5.27. The summed E-state index contributed by atoms with van der Waals surface area (Å²) in [5.74, 6) is -1.65.